The highest BCUT2D eigenvalue weighted by Crippen LogP contribution is 2.20. The molecule has 0 aliphatic carbocycles. The van der Waals surface area contributed by atoms with Gasteiger partial charge in [0.2, 0.25) is 0 Å². The summed E-state index contributed by atoms with van der Waals surface area (Å²) in [5.41, 5.74) is 5.21. The minimum atomic E-state index is 0.561. The van der Waals surface area contributed by atoms with E-state index in [9.17, 15) is 0 Å². The van der Waals surface area contributed by atoms with Gasteiger partial charge in [-0.3, -0.25) is 9.98 Å². The summed E-state index contributed by atoms with van der Waals surface area (Å²) in [6.45, 7) is 5.95. The molecule has 2 atom stereocenters. The zero-order chi connectivity index (χ0) is 24.0. The van der Waals surface area contributed by atoms with E-state index in [0.717, 1.165) is 70.6 Å². The SMILES string of the molecule is C1=NC=C2/C=C/CCNCCC(Cc3ccc(CNCc4ccccn4)cc3)CCNCCC1C2. The highest BCUT2D eigenvalue weighted by Gasteiger charge is 2.13. The van der Waals surface area contributed by atoms with E-state index in [2.05, 4.69) is 74.6 Å². The molecule has 2 aliphatic heterocycles. The topological polar surface area (TPSA) is 61.3 Å². The van der Waals surface area contributed by atoms with E-state index in [1.807, 2.05) is 24.5 Å². The molecule has 3 heterocycles. The van der Waals surface area contributed by atoms with E-state index in [0.29, 0.717) is 11.8 Å². The van der Waals surface area contributed by atoms with Crippen molar-refractivity contribution >= 4 is 6.21 Å². The van der Waals surface area contributed by atoms with Crippen LogP contribution in [0.4, 0.5) is 0 Å². The van der Waals surface area contributed by atoms with E-state index in [-0.39, 0.29) is 0 Å². The van der Waals surface area contributed by atoms with Crippen LogP contribution >= 0.6 is 0 Å². The molecule has 0 amide bonds. The maximum absolute atomic E-state index is 4.47. The van der Waals surface area contributed by atoms with E-state index in [1.165, 1.54) is 29.5 Å². The molecule has 4 rings (SSSR count). The van der Waals surface area contributed by atoms with Crippen LogP contribution in [0.5, 0.6) is 0 Å². The van der Waals surface area contributed by atoms with Crippen molar-refractivity contribution in [1.29, 1.82) is 0 Å². The lowest BCUT2D eigenvalue weighted by atomic mass is 9.92. The van der Waals surface area contributed by atoms with Gasteiger partial charge in [0, 0.05) is 31.7 Å². The van der Waals surface area contributed by atoms with Gasteiger partial charge < -0.3 is 16.0 Å². The molecule has 2 unspecified atom stereocenters. The average molecular weight is 472 g/mol. The molecule has 0 spiro atoms. The van der Waals surface area contributed by atoms with Crippen molar-refractivity contribution in [2.24, 2.45) is 16.8 Å². The Morgan fingerprint density at radius 3 is 2.49 bits per heavy atom. The fourth-order valence-corrected chi connectivity index (χ4v) is 4.84. The first-order chi connectivity index (χ1) is 17.3. The molecular formula is C30H41N5. The average Bonchev–Trinajstić information content (AvgIpc) is 2.89. The van der Waals surface area contributed by atoms with Gasteiger partial charge in [0.1, 0.15) is 0 Å². The second-order valence-electron chi connectivity index (χ2n) is 9.83. The summed E-state index contributed by atoms with van der Waals surface area (Å²) in [5.74, 6) is 1.25. The van der Waals surface area contributed by atoms with E-state index >= 15 is 0 Å². The molecule has 0 saturated carbocycles. The Hall–Kier alpha value is -2.60. The normalized spacial score (nSPS) is 22.9. The van der Waals surface area contributed by atoms with Crippen LogP contribution in [0.3, 0.4) is 0 Å². The van der Waals surface area contributed by atoms with Gasteiger partial charge in [0.05, 0.1) is 5.69 Å². The Morgan fingerprint density at radius 2 is 1.66 bits per heavy atom. The monoisotopic (exact) mass is 471 g/mol. The number of rotatable bonds is 6. The number of aliphatic imine (C=N–C) groups is 1. The number of pyridine rings is 1. The molecule has 5 heteroatoms. The number of hydrogen-bond acceptors (Lipinski definition) is 5. The van der Waals surface area contributed by atoms with Crippen molar-refractivity contribution in [2.45, 2.75) is 51.6 Å². The first-order valence-corrected chi connectivity index (χ1v) is 13.3. The van der Waals surface area contributed by atoms with Gasteiger partial charge in [-0.25, -0.2) is 0 Å². The van der Waals surface area contributed by atoms with Crippen molar-refractivity contribution in [3.8, 4) is 0 Å². The lowest BCUT2D eigenvalue weighted by Crippen LogP contribution is -2.25. The maximum atomic E-state index is 4.47. The number of hydrogen-bond donors (Lipinski definition) is 3. The van der Waals surface area contributed by atoms with Crippen LogP contribution < -0.4 is 16.0 Å². The maximum Gasteiger partial charge on any atom is 0.0541 e. The summed E-state index contributed by atoms with van der Waals surface area (Å²) in [5, 5.41) is 10.8. The lowest BCUT2D eigenvalue weighted by Gasteiger charge is -2.20. The van der Waals surface area contributed by atoms with E-state index in [4.69, 9.17) is 0 Å². The standard InChI is InChI=1S/C30H41N5/c1-3-14-31-16-11-26(12-17-32-18-13-29-20-28(5-1)22-33-23-29)19-25-7-9-27(10-8-25)21-34-24-30-6-2-4-15-35-30/h1-2,4-10,15,22-23,26,29,31-32,34H,3,11-14,16-21,24H2/b5-1+. The molecule has 0 fully saturated rings. The Kier molecular flexibility index (Phi) is 10.7. The van der Waals surface area contributed by atoms with Gasteiger partial charge in [0.25, 0.3) is 0 Å². The van der Waals surface area contributed by atoms with Crippen LogP contribution in [0.1, 0.15) is 48.9 Å². The predicted molar refractivity (Wildman–Crippen MR) is 146 cm³/mol. The molecule has 2 aliphatic rings. The van der Waals surface area contributed by atoms with Crippen LogP contribution in [-0.4, -0.2) is 37.4 Å². The quantitative estimate of drug-likeness (QED) is 0.566. The fourth-order valence-electron chi connectivity index (χ4n) is 4.84. The summed E-state index contributed by atoms with van der Waals surface area (Å²) in [6, 6.07) is 15.2. The zero-order valence-electron chi connectivity index (χ0n) is 21.0. The molecule has 3 N–H and O–H groups in total. The number of nitrogens with one attached hydrogen (secondary N) is 3. The van der Waals surface area contributed by atoms with Crippen molar-refractivity contribution in [3.05, 3.63) is 89.4 Å². The second kappa shape index (κ2) is 14.7. The van der Waals surface area contributed by atoms with Crippen LogP contribution in [0.15, 0.2) is 77.6 Å². The molecule has 0 saturated heterocycles. The molecule has 2 bridgehead atoms. The van der Waals surface area contributed by atoms with Gasteiger partial charge in [-0.15, -0.1) is 0 Å². The number of benzene rings is 1. The molecule has 5 nitrogen and oxygen atoms in total. The summed E-state index contributed by atoms with van der Waals surface area (Å²) < 4.78 is 0. The smallest absolute Gasteiger partial charge is 0.0541 e. The van der Waals surface area contributed by atoms with Crippen LogP contribution in [0, 0.1) is 11.8 Å². The van der Waals surface area contributed by atoms with Gasteiger partial charge in [0.15, 0.2) is 0 Å². The first kappa shape index (κ1) is 25.5. The predicted octanol–water partition coefficient (Wildman–Crippen LogP) is 4.81. The largest absolute Gasteiger partial charge is 0.317 e. The Bertz CT molecular complexity index is 948. The molecule has 186 valence electrons. The van der Waals surface area contributed by atoms with Crippen LogP contribution in [0.25, 0.3) is 0 Å². The van der Waals surface area contributed by atoms with Gasteiger partial charge in [-0.1, -0.05) is 42.5 Å². The van der Waals surface area contributed by atoms with Gasteiger partial charge in [-0.05, 0) is 105 Å². The van der Waals surface area contributed by atoms with E-state index in [1.54, 1.807) is 0 Å². The molecular weight excluding hydrogens is 430 g/mol. The number of aromatic nitrogens is 1. The van der Waals surface area contributed by atoms with Gasteiger partial charge >= 0.3 is 0 Å². The summed E-state index contributed by atoms with van der Waals surface area (Å²) >= 11 is 0. The molecule has 1 aromatic heterocycles. The summed E-state index contributed by atoms with van der Waals surface area (Å²) in [6.07, 6.45) is 17.5. The Labute approximate surface area is 211 Å². The third kappa shape index (κ3) is 9.52. The third-order valence-electron chi connectivity index (χ3n) is 6.91. The van der Waals surface area contributed by atoms with Crippen molar-refractivity contribution < 1.29 is 0 Å². The molecule has 0 radical (unpaired) electrons. The van der Waals surface area contributed by atoms with Crippen LogP contribution in [0.2, 0.25) is 0 Å². The number of allylic oxidation sites excluding steroid dienone is 2. The summed E-state index contributed by atoms with van der Waals surface area (Å²) in [4.78, 5) is 8.85. The van der Waals surface area contributed by atoms with Crippen LogP contribution in [-0.2, 0) is 19.5 Å². The minimum absolute atomic E-state index is 0.561. The highest BCUT2D eigenvalue weighted by molar-refractivity contribution is 5.64. The van der Waals surface area contributed by atoms with Crippen molar-refractivity contribution in [2.75, 3.05) is 26.2 Å². The zero-order valence-corrected chi connectivity index (χ0v) is 21.0. The molecule has 2 aromatic rings. The van der Waals surface area contributed by atoms with Crippen molar-refractivity contribution in [1.82, 2.24) is 20.9 Å². The molecule has 1 aromatic carbocycles. The second-order valence-corrected chi connectivity index (χ2v) is 9.83. The lowest BCUT2D eigenvalue weighted by molar-refractivity contribution is 0.417. The Morgan fingerprint density at radius 1 is 0.857 bits per heavy atom. The fraction of sp³-hybridized carbons (Fsp3) is 0.467. The first-order valence-electron chi connectivity index (χ1n) is 13.3. The summed E-state index contributed by atoms with van der Waals surface area (Å²) in [7, 11) is 0. The molecule has 35 heavy (non-hydrogen) atoms. The minimum Gasteiger partial charge on any atom is -0.317 e. The number of nitrogens with zero attached hydrogens (tertiary/aromatic N) is 2. The van der Waals surface area contributed by atoms with E-state index < -0.39 is 0 Å². The number of fused-ring (bicyclic) bond motifs is 2. The third-order valence-corrected chi connectivity index (χ3v) is 6.91. The van der Waals surface area contributed by atoms with Crippen molar-refractivity contribution in [3.63, 3.8) is 0 Å². The highest BCUT2D eigenvalue weighted by atomic mass is 14.9. The van der Waals surface area contributed by atoms with Gasteiger partial charge in [-0.2, -0.15) is 0 Å². The Balaban J connectivity index is 1.24.